The number of anilines is 1. The summed E-state index contributed by atoms with van der Waals surface area (Å²) in [6, 6.07) is 14.1. The van der Waals surface area contributed by atoms with Crippen LogP contribution in [0.3, 0.4) is 0 Å². The minimum atomic E-state index is -0.0591. The van der Waals surface area contributed by atoms with Gasteiger partial charge in [-0.2, -0.15) is 0 Å². The van der Waals surface area contributed by atoms with E-state index in [1.807, 2.05) is 31.2 Å². The number of carbonyl (C=O) groups excluding carboxylic acids is 2. The highest BCUT2D eigenvalue weighted by atomic mass is 16.5. The molecule has 0 spiro atoms. The third-order valence-corrected chi connectivity index (χ3v) is 6.07. The molecule has 1 unspecified atom stereocenters. The van der Waals surface area contributed by atoms with Crippen molar-refractivity contribution in [2.45, 2.75) is 38.5 Å². The second-order valence-corrected chi connectivity index (χ2v) is 8.08. The summed E-state index contributed by atoms with van der Waals surface area (Å²) in [7, 11) is 1.67. The molecule has 2 aliphatic rings. The zero-order valence-corrected chi connectivity index (χ0v) is 17.1. The molecule has 1 aliphatic carbocycles. The van der Waals surface area contributed by atoms with Gasteiger partial charge in [0.1, 0.15) is 5.75 Å². The molecule has 1 N–H and O–H groups in total. The van der Waals surface area contributed by atoms with Crippen molar-refractivity contribution in [3.63, 3.8) is 0 Å². The molecule has 0 aromatic heterocycles. The third kappa shape index (κ3) is 4.29. The topological polar surface area (TPSA) is 58.6 Å². The van der Waals surface area contributed by atoms with Gasteiger partial charge in [-0.05, 0) is 66.8 Å². The predicted octanol–water partition coefficient (Wildman–Crippen LogP) is 3.59. The van der Waals surface area contributed by atoms with Crippen LogP contribution in [0.15, 0.2) is 42.5 Å². The van der Waals surface area contributed by atoms with Gasteiger partial charge >= 0.3 is 0 Å². The number of para-hydroxylation sites is 1. The van der Waals surface area contributed by atoms with E-state index >= 15 is 0 Å². The van der Waals surface area contributed by atoms with Gasteiger partial charge in [-0.3, -0.25) is 9.59 Å². The maximum absolute atomic E-state index is 12.6. The lowest BCUT2D eigenvalue weighted by Gasteiger charge is -2.20. The van der Waals surface area contributed by atoms with Crippen LogP contribution in [-0.2, 0) is 16.0 Å². The Bertz CT molecular complexity index is 920. The van der Waals surface area contributed by atoms with Gasteiger partial charge in [0.15, 0.2) is 0 Å². The van der Waals surface area contributed by atoms with Gasteiger partial charge in [0, 0.05) is 18.7 Å². The number of rotatable bonds is 7. The van der Waals surface area contributed by atoms with Crippen LogP contribution in [0.4, 0.5) is 5.69 Å². The molecule has 1 aliphatic heterocycles. The standard InChI is InChI=1S/C24H28N2O3/c1-16-13-19(9-10-22(16)29-2)20(17-7-8-17)14-23(27)25-15-24(28)26-12-11-18-5-3-4-6-21(18)26/h3-6,9-10,13,17,20H,7-8,11-12,14-15H2,1-2H3,(H,25,27). The van der Waals surface area contributed by atoms with Crippen LogP contribution < -0.4 is 15.0 Å². The quantitative estimate of drug-likeness (QED) is 0.783. The molecule has 1 atom stereocenters. The summed E-state index contributed by atoms with van der Waals surface area (Å²) in [5, 5.41) is 2.86. The number of hydrogen-bond acceptors (Lipinski definition) is 3. The molecule has 0 saturated heterocycles. The molecule has 0 radical (unpaired) electrons. The molecular formula is C24H28N2O3. The Morgan fingerprint density at radius 3 is 2.72 bits per heavy atom. The Morgan fingerprint density at radius 1 is 1.21 bits per heavy atom. The zero-order chi connectivity index (χ0) is 20.4. The zero-order valence-electron chi connectivity index (χ0n) is 17.1. The van der Waals surface area contributed by atoms with Crippen LogP contribution in [0.25, 0.3) is 0 Å². The molecule has 5 nitrogen and oxygen atoms in total. The highest BCUT2D eigenvalue weighted by Crippen LogP contribution is 2.45. The van der Waals surface area contributed by atoms with E-state index in [-0.39, 0.29) is 24.3 Å². The van der Waals surface area contributed by atoms with Crippen LogP contribution in [0.1, 0.15) is 41.9 Å². The first kappa shape index (κ1) is 19.5. The average Bonchev–Trinajstić information content (AvgIpc) is 3.48. The van der Waals surface area contributed by atoms with Crippen molar-refractivity contribution in [3.8, 4) is 5.75 Å². The lowest BCUT2D eigenvalue weighted by atomic mass is 9.89. The van der Waals surface area contributed by atoms with Crippen LogP contribution in [0.2, 0.25) is 0 Å². The first-order chi connectivity index (χ1) is 14.1. The van der Waals surface area contributed by atoms with E-state index in [9.17, 15) is 9.59 Å². The lowest BCUT2D eigenvalue weighted by Crippen LogP contribution is -2.39. The number of hydrogen-bond donors (Lipinski definition) is 1. The Labute approximate surface area is 172 Å². The molecule has 29 heavy (non-hydrogen) atoms. The van der Waals surface area contributed by atoms with Crippen LogP contribution >= 0.6 is 0 Å². The molecule has 1 saturated carbocycles. The Morgan fingerprint density at radius 2 is 2.00 bits per heavy atom. The third-order valence-electron chi connectivity index (χ3n) is 6.07. The summed E-state index contributed by atoms with van der Waals surface area (Å²) in [6.45, 7) is 2.76. The Hall–Kier alpha value is -2.82. The fourth-order valence-electron chi connectivity index (χ4n) is 4.33. The Kier molecular flexibility index (Phi) is 5.56. The van der Waals surface area contributed by atoms with Gasteiger partial charge in [-0.1, -0.05) is 30.3 Å². The maximum atomic E-state index is 12.6. The number of fused-ring (bicyclic) bond motifs is 1. The van der Waals surface area contributed by atoms with Gasteiger partial charge in [0.25, 0.3) is 0 Å². The molecule has 2 aromatic rings. The normalized spacial score (nSPS) is 16.3. The van der Waals surface area contributed by atoms with E-state index < -0.39 is 0 Å². The summed E-state index contributed by atoms with van der Waals surface area (Å²) in [5.74, 6) is 1.50. The highest BCUT2D eigenvalue weighted by molar-refractivity contribution is 5.98. The second kappa shape index (κ2) is 8.27. The van der Waals surface area contributed by atoms with Crippen molar-refractivity contribution in [1.82, 2.24) is 5.32 Å². The summed E-state index contributed by atoms with van der Waals surface area (Å²) in [4.78, 5) is 27.0. The molecule has 152 valence electrons. The van der Waals surface area contributed by atoms with Gasteiger partial charge in [0.05, 0.1) is 13.7 Å². The van der Waals surface area contributed by atoms with Crippen molar-refractivity contribution in [3.05, 3.63) is 59.2 Å². The first-order valence-electron chi connectivity index (χ1n) is 10.4. The summed E-state index contributed by atoms with van der Waals surface area (Å²) in [6.07, 6.45) is 3.61. The van der Waals surface area contributed by atoms with Crippen LogP contribution in [0, 0.1) is 12.8 Å². The van der Waals surface area contributed by atoms with Crippen molar-refractivity contribution in [2.24, 2.45) is 5.92 Å². The van der Waals surface area contributed by atoms with Gasteiger partial charge in [0.2, 0.25) is 11.8 Å². The summed E-state index contributed by atoms with van der Waals surface area (Å²) >= 11 is 0. The van der Waals surface area contributed by atoms with Crippen LogP contribution in [-0.4, -0.2) is 32.0 Å². The number of aryl methyl sites for hydroxylation is 1. The fourth-order valence-corrected chi connectivity index (χ4v) is 4.33. The number of amides is 2. The first-order valence-corrected chi connectivity index (χ1v) is 10.4. The van der Waals surface area contributed by atoms with E-state index in [4.69, 9.17) is 4.74 Å². The molecule has 1 fully saturated rings. The van der Waals surface area contributed by atoms with Gasteiger partial charge in [-0.15, -0.1) is 0 Å². The molecule has 5 heteroatoms. The van der Waals surface area contributed by atoms with Gasteiger partial charge < -0.3 is 15.0 Å². The molecule has 2 aromatic carbocycles. The van der Waals surface area contributed by atoms with Crippen LogP contribution in [0.5, 0.6) is 5.75 Å². The maximum Gasteiger partial charge on any atom is 0.246 e. The van der Waals surface area contributed by atoms with E-state index in [2.05, 4.69) is 23.5 Å². The van der Waals surface area contributed by atoms with Crippen molar-refractivity contribution < 1.29 is 14.3 Å². The molecular weight excluding hydrogens is 364 g/mol. The second-order valence-electron chi connectivity index (χ2n) is 8.08. The molecule has 2 amide bonds. The molecule has 0 bridgehead atoms. The molecule has 1 heterocycles. The average molecular weight is 392 g/mol. The van der Waals surface area contributed by atoms with E-state index in [1.165, 1.54) is 11.1 Å². The fraction of sp³-hybridized carbons (Fsp3) is 0.417. The van der Waals surface area contributed by atoms with E-state index in [0.717, 1.165) is 36.3 Å². The number of nitrogens with one attached hydrogen (secondary N) is 1. The minimum Gasteiger partial charge on any atom is -0.496 e. The van der Waals surface area contributed by atoms with Gasteiger partial charge in [-0.25, -0.2) is 0 Å². The van der Waals surface area contributed by atoms with Crippen molar-refractivity contribution in [2.75, 3.05) is 25.1 Å². The lowest BCUT2D eigenvalue weighted by molar-refractivity contribution is -0.125. The number of methoxy groups -OCH3 is 1. The largest absolute Gasteiger partial charge is 0.496 e. The number of carbonyl (C=O) groups is 2. The predicted molar refractivity (Wildman–Crippen MR) is 113 cm³/mol. The number of benzene rings is 2. The van der Waals surface area contributed by atoms with Crippen molar-refractivity contribution >= 4 is 17.5 Å². The van der Waals surface area contributed by atoms with E-state index in [1.54, 1.807) is 12.0 Å². The van der Waals surface area contributed by atoms with Crippen molar-refractivity contribution in [1.29, 1.82) is 0 Å². The highest BCUT2D eigenvalue weighted by Gasteiger charge is 2.34. The smallest absolute Gasteiger partial charge is 0.246 e. The Balaban J connectivity index is 1.36. The number of nitrogens with zero attached hydrogens (tertiary/aromatic N) is 1. The molecule has 4 rings (SSSR count). The minimum absolute atomic E-state index is 0.0478. The number of ether oxygens (including phenoxy) is 1. The SMILES string of the molecule is COc1ccc(C(CC(=O)NCC(=O)N2CCc3ccccc32)C2CC2)cc1C. The van der Waals surface area contributed by atoms with E-state index in [0.29, 0.717) is 18.9 Å². The summed E-state index contributed by atoms with van der Waals surface area (Å²) < 4.78 is 5.35. The monoisotopic (exact) mass is 392 g/mol. The summed E-state index contributed by atoms with van der Waals surface area (Å²) in [5.41, 5.74) is 4.42.